The van der Waals surface area contributed by atoms with Crippen molar-refractivity contribution in [2.75, 3.05) is 0 Å². The lowest BCUT2D eigenvalue weighted by molar-refractivity contribution is 0.592. The first kappa shape index (κ1) is 17.8. The molecule has 0 heterocycles. The molecule has 5 aromatic carbocycles. The standard InChI is InChI=1S/C22H6F4N4/c1-28-30-22-14-7-11-13(6-12(14)20-16(22)3-10(24)5-18(20)26)21(29-8-27)15-2-9(23)4-17(25)19(11)15/h2-7H/b29-21?,30-22+. The number of nitriles is 1. The smallest absolute Gasteiger partial charge is 0.206 e. The zero-order valence-corrected chi connectivity index (χ0v) is 14.8. The highest BCUT2D eigenvalue weighted by Crippen LogP contribution is 2.34. The molecule has 0 unspecified atom stereocenters. The minimum atomic E-state index is -0.856. The molecule has 0 atom stereocenters. The van der Waals surface area contributed by atoms with E-state index in [4.69, 9.17) is 11.8 Å². The third-order valence-corrected chi connectivity index (χ3v) is 5.14. The Morgan fingerprint density at radius 3 is 1.70 bits per heavy atom. The Labute approximate surface area is 164 Å². The molecule has 0 saturated carbocycles. The molecule has 142 valence electrons. The highest BCUT2D eigenvalue weighted by Gasteiger charge is 2.20. The molecule has 8 heteroatoms. The first-order valence-electron chi connectivity index (χ1n) is 8.54. The van der Waals surface area contributed by atoms with Crippen molar-refractivity contribution in [2.24, 2.45) is 10.1 Å². The molecular weight excluding hydrogens is 396 g/mol. The van der Waals surface area contributed by atoms with Crippen molar-refractivity contribution in [1.29, 1.82) is 5.26 Å². The van der Waals surface area contributed by atoms with Crippen LogP contribution < -0.4 is 10.7 Å². The van der Waals surface area contributed by atoms with E-state index in [9.17, 15) is 17.6 Å². The SMILES string of the molecule is [C-]#[N+]/N=c1\c2cc3c(cc2c2c(F)cc(F)cc12)c(=NC#N)c1cc(F)cc(F)c13. The van der Waals surface area contributed by atoms with Gasteiger partial charge in [-0.3, -0.25) is 0 Å². The maximum absolute atomic E-state index is 14.7. The Morgan fingerprint density at radius 1 is 0.700 bits per heavy atom. The fourth-order valence-corrected chi connectivity index (χ4v) is 4.09. The molecule has 0 fully saturated rings. The van der Waals surface area contributed by atoms with E-state index >= 15 is 0 Å². The zero-order valence-electron chi connectivity index (χ0n) is 14.8. The molecule has 0 bridgehead atoms. The van der Waals surface area contributed by atoms with Gasteiger partial charge in [-0.15, -0.1) is 4.95 Å². The largest absolute Gasteiger partial charge is 0.207 e. The minimum absolute atomic E-state index is 0.0352. The Morgan fingerprint density at radius 2 is 1.20 bits per heavy atom. The average Bonchev–Trinajstić information content (AvgIpc) is 3.14. The van der Waals surface area contributed by atoms with Crippen molar-refractivity contribution in [3.05, 3.63) is 81.9 Å². The fourth-order valence-electron chi connectivity index (χ4n) is 4.09. The fraction of sp³-hybridized carbons (Fsp3) is 0. The highest BCUT2D eigenvalue weighted by molar-refractivity contribution is 6.21. The van der Waals surface area contributed by atoms with Gasteiger partial charge in [-0.05, 0) is 35.0 Å². The second-order valence-electron chi connectivity index (χ2n) is 6.67. The van der Waals surface area contributed by atoms with E-state index in [1.807, 2.05) is 0 Å². The molecule has 0 aliphatic carbocycles. The Balaban J connectivity index is 2.17. The molecule has 4 nitrogen and oxygen atoms in total. The van der Waals surface area contributed by atoms with Crippen LogP contribution >= 0.6 is 0 Å². The van der Waals surface area contributed by atoms with Crippen LogP contribution in [0.2, 0.25) is 0 Å². The van der Waals surface area contributed by atoms with Gasteiger partial charge in [0.05, 0.1) is 10.5 Å². The molecule has 0 N–H and O–H groups in total. The molecule has 0 aliphatic rings. The summed E-state index contributed by atoms with van der Waals surface area (Å²) >= 11 is 0. The number of halogens is 4. The summed E-state index contributed by atoms with van der Waals surface area (Å²) < 4.78 is 57.0. The highest BCUT2D eigenvalue weighted by atomic mass is 19.1. The van der Waals surface area contributed by atoms with Gasteiger partial charge in [0.2, 0.25) is 6.19 Å². The lowest BCUT2D eigenvalue weighted by atomic mass is 10.1. The maximum Gasteiger partial charge on any atom is 0.206 e. The summed E-state index contributed by atoms with van der Waals surface area (Å²) in [5.41, 5.74) is 0. The molecule has 0 spiro atoms. The van der Waals surface area contributed by atoms with Gasteiger partial charge in [0.25, 0.3) is 0 Å². The molecule has 30 heavy (non-hydrogen) atoms. The summed E-state index contributed by atoms with van der Waals surface area (Å²) in [5, 5.41) is 14.3. The van der Waals surface area contributed by atoms with Crippen LogP contribution in [0.15, 0.2) is 46.5 Å². The van der Waals surface area contributed by atoms with E-state index in [-0.39, 0.29) is 32.3 Å². The van der Waals surface area contributed by atoms with Gasteiger partial charge in [-0.2, -0.15) is 16.8 Å². The lowest BCUT2D eigenvalue weighted by Gasteiger charge is -1.98. The van der Waals surface area contributed by atoms with Gasteiger partial charge in [-0.25, -0.2) is 17.6 Å². The van der Waals surface area contributed by atoms with Gasteiger partial charge < -0.3 is 0 Å². The van der Waals surface area contributed by atoms with Crippen LogP contribution in [0.1, 0.15) is 0 Å². The molecular formula is C22H6F4N4. The second-order valence-corrected chi connectivity index (χ2v) is 6.67. The van der Waals surface area contributed by atoms with Crippen LogP contribution in [-0.4, -0.2) is 0 Å². The topological polar surface area (TPSA) is 52.9 Å². The maximum atomic E-state index is 14.7. The molecule has 0 amide bonds. The van der Waals surface area contributed by atoms with Gasteiger partial charge in [0, 0.05) is 44.5 Å². The van der Waals surface area contributed by atoms with Crippen molar-refractivity contribution >= 4 is 43.1 Å². The molecule has 0 aromatic heterocycles. The molecule has 5 rings (SSSR count). The normalized spacial score (nSPS) is 13.0. The number of hydrogen-bond donors (Lipinski definition) is 0. The van der Waals surface area contributed by atoms with Crippen molar-refractivity contribution in [1.82, 2.24) is 0 Å². The number of fused-ring (bicyclic) bond motifs is 6. The van der Waals surface area contributed by atoms with Crippen LogP contribution in [0.3, 0.4) is 0 Å². The van der Waals surface area contributed by atoms with Gasteiger partial charge in [0.1, 0.15) is 23.3 Å². The summed E-state index contributed by atoms with van der Waals surface area (Å²) in [4.78, 5) is 6.71. The van der Waals surface area contributed by atoms with E-state index in [1.54, 1.807) is 6.19 Å². The molecule has 0 aliphatic heterocycles. The van der Waals surface area contributed by atoms with Crippen molar-refractivity contribution in [2.45, 2.75) is 0 Å². The number of rotatable bonds is 0. The number of nitrogens with zero attached hydrogens (tertiary/aromatic N) is 4. The van der Waals surface area contributed by atoms with E-state index in [1.165, 1.54) is 12.1 Å². The summed E-state index contributed by atoms with van der Waals surface area (Å²) in [7, 11) is 0. The summed E-state index contributed by atoms with van der Waals surface area (Å²) in [6.07, 6.45) is 1.62. The summed E-state index contributed by atoms with van der Waals surface area (Å²) in [6.45, 7) is 7.07. The van der Waals surface area contributed by atoms with Crippen LogP contribution in [0.4, 0.5) is 17.6 Å². The van der Waals surface area contributed by atoms with Gasteiger partial charge in [0.15, 0.2) is 5.36 Å². The Kier molecular flexibility index (Phi) is 3.61. The molecule has 0 radical (unpaired) electrons. The predicted octanol–water partition coefficient (Wildman–Crippen LogP) is 4.85. The van der Waals surface area contributed by atoms with Crippen LogP contribution in [-0.2, 0) is 0 Å². The quantitative estimate of drug-likeness (QED) is 0.158. The van der Waals surface area contributed by atoms with Crippen LogP contribution in [0.5, 0.6) is 0 Å². The average molecular weight is 402 g/mol. The monoisotopic (exact) mass is 402 g/mol. The van der Waals surface area contributed by atoms with E-state index < -0.39 is 23.3 Å². The summed E-state index contributed by atoms with van der Waals surface area (Å²) in [5.74, 6) is -3.37. The van der Waals surface area contributed by atoms with Crippen molar-refractivity contribution < 1.29 is 17.6 Å². The Bertz CT molecular complexity index is 1630. The second kappa shape index (κ2) is 6.10. The minimum Gasteiger partial charge on any atom is -0.207 e. The predicted molar refractivity (Wildman–Crippen MR) is 102 cm³/mol. The van der Waals surface area contributed by atoms with Crippen molar-refractivity contribution in [3.8, 4) is 6.19 Å². The first-order chi connectivity index (χ1) is 14.4. The lowest BCUT2D eigenvalue weighted by Crippen LogP contribution is -1.99. The third kappa shape index (κ3) is 2.25. The van der Waals surface area contributed by atoms with Gasteiger partial charge >= 0.3 is 0 Å². The van der Waals surface area contributed by atoms with Crippen LogP contribution in [0, 0.1) is 41.3 Å². The zero-order chi connectivity index (χ0) is 21.2. The van der Waals surface area contributed by atoms with Crippen LogP contribution in [0.25, 0.3) is 48.0 Å². The van der Waals surface area contributed by atoms with Crippen molar-refractivity contribution in [3.63, 3.8) is 0 Å². The third-order valence-electron chi connectivity index (χ3n) is 5.14. The Hall–Kier alpha value is -4.30. The van der Waals surface area contributed by atoms with Gasteiger partial charge in [-0.1, -0.05) is 0 Å². The van der Waals surface area contributed by atoms with E-state index in [2.05, 4.69) is 15.0 Å². The number of benzene rings is 3. The molecule has 0 saturated heterocycles. The van der Waals surface area contributed by atoms with E-state index in [0.717, 1.165) is 12.1 Å². The summed E-state index contributed by atoms with van der Waals surface area (Å²) in [6, 6.07) is 6.52. The first-order valence-corrected chi connectivity index (χ1v) is 8.54. The molecule has 5 aromatic rings. The number of hydrogen-bond acceptors (Lipinski definition) is 3. The van der Waals surface area contributed by atoms with E-state index in [0.29, 0.717) is 33.7 Å².